The highest BCUT2D eigenvalue weighted by Gasteiger charge is 2.09. The smallest absolute Gasteiger partial charge is 0.187 e. The number of phenols is 1. The molecule has 3 aromatic rings. The highest BCUT2D eigenvalue weighted by Crippen LogP contribution is 2.21. The zero-order chi connectivity index (χ0) is 18.8. The van der Waals surface area contributed by atoms with Crippen molar-refractivity contribution in [2.45, 2.75) is 0 Å². The van der Waals surface area contributed by atoms with Gasteiger partial charge in [0.2, 0.25) is 0 Å². The van der Waals surface area contributed by atoms with Gasteiger partial charge in [-0.05, 0) is 47.5 Å². The second-order valence-electron chi connectivity index (χ2n) is 5.72. The van der Waals surface area contributed by atoms with Crippen LogP contribution in [0.2, 0.25) is 0 Å². The molecule has 0 saturated heterocycles. The summed E-state index contributed by atoms with van der Waals surface area (Å²) < 4.78 is 41.6. The molecule has 0 aliphatic heterocycles. The van der Waals surface area contributed by atoms with Crippen molar-refractivity contribution in [3.63, 3.8) is 0 Å². The van der Waals surface area contributed by atoms with Gasteiger partial charge in [0.25, 0.3) is 0 Å². The maximum Gasteiger partial charge on any atom is 0.187 e. The van der Waals surface area contributed by atoms with Gasteiger partial charge in [-0.15, -0.1) is 0 Å². The third-order valence-electron chi connectivity index (χ3n) is 3.92. The van der Waals surface area contributed by atoms with Crippen LogP contribution in [0.4, 0.5) is 13.2 Å². The predicted octanol–water partition coefficient (Wildman–Crippen LogP) is 2.95. The van der Waals surface area contributed by atoms with Crippen molar-refractivity contribution in [3.05, 3.63) is 81.5 Å². The number of phenolic OH excluding ortho intramolecular Hbond substituents is 1. The fraction of sp³-hybridized carbons (Fsp3) is 0.0500. The topological polar surface area (TPSA) is 38.1 Å². The Morgan fingerprint density at radius 3 is 2.23 bits per heavy atom. The van der Waals surface area contributed by atoms with Crippen LogP contribution in [-0.4, -0.2) is 14.7 Å². The summed E-state index contributed by atoms with van der Waals surface area (Å²) in [5, 5.41) is 10.2. The predicted molar refractivity (Wildman–Crippen MR) is 94.9 cm³/mol. The van der Waals surface area contributed by atoms with Crippen LogP contribution in [-0.2, 0) is 7.05 Å². The van der Waals surface area contributed by atoms with E-state index in [4.69, 9.17) is 5.11 Å². The number of nitrogens with zero attached hydrogens (tertiary/aromatic N) is 2. The molecule has 132 valence electrons. The van der Waals surface area contributed by atoms with E-state index in [1.165, 1.54) is 18.2 Å². The molecule has 0 radical (unpaired) electrons. The van der Waals surface area contributed by atoms with Crippen molar-refractivity contribution in [2.75, 3.05) is 0 Å². The Bertz CT molecular complexity index is 1080. The van der Waals surface area contributed by atoms with Crippen LogP contribution < -0.4 is 10.7 Å². The standard InChI is InChI=1S/C20H15F3N2O/c1-12-18(11-14-9-16(22)20(26)17(23)10-14)24-19(25(12)2)8-5-13-3-6-15(21)7-4-13/h3-11,26H,1H2,2H3/b8-5+,18-11-. The minimum absolute atomic E-state index is 0.217. The molecular weight excluding hydrogens is 341 g/mol. The Kier molecular flexibility index (Phi) is 4.67. The molecule has 1 aromatic heterocycles. The van der Waals surface area contributed by atoms with Crippen molar-refractivity contribution in [3.8, 4) is 5.75 Å². The molecule has 3 rings (SSSR count). The molecule has 3 nitrogen and oxygen atoms in total. The van der Waals surface area contributed by atoms with Gasteiger partial charge in [-0.2, -0.15) is 0 Å². The van der Waals surface area contributed by atoms with Gasteiger partial charge in [0.1, 0.15) is 11.6 Å². The van der Waals surface area contributed by atoms with Crippen LogP contribution in [0.1, 0.15) is 17.0 Å². The monoisotopic (exact) mass is 356 g/mol. The van der Waals surface area contributed by atoms with Crippen molar-refractivity contribution < 1.29 is 18.3 Å². The Balaban J connectivity index is 1.99. The van der Waals surface area contributed by atoms with Gasteiger partial charge in [-0.3, -0.25) is 0 Å². The molecular formula is C20H15F3N2O. The number of imidazole rings is 1. The second-order valence-corrected chi connectivity index (χ2v) is 5.72. The van der Waals surface area contributed by atoms with E-state index >= 15 is 0 Å². The third kappa shape index (κ3) is 3.54. The van der Waals surface area contributed by atoms with E-state index in [0.717, 1.165) is 17.7 Å². The molecule has 0 fully saturated rings. The van der Waals surface area contributed by atoms with Crippen LogP contribution in [0.25, 0.3) is 24.8 Å². The molecule has 6 heteroatoms. The Labute approximate surface area is 147 Å². The van der Waals surface area contributed by atoms with Crippen molar-refractivity contribution in [1.82, 2.24) is 9.55 Å². The summed E-state index contributed by atoms with van der Waals surface area (Å²) in [7, 11) is 1.76. The van der Waals surface area contributed by atoms with E-state index < -0.39 is 17.4 Å². The summed E-state index contributed by atoms with van der Waals surface area (Å²) in [5.74, 6) is -2.85. The quantitative estimate of drug-likeness (QED) is 0.784. The number of aromatic hydroxyl groups is 1. The van der Waals surface area contributed by atoms with Gasteiger partial charge < -0.3 is 9.67 Å². The summed E-state index contributed by atoms with van der Waals surface area (Å²) in [6.45, 7) is 3.91. The lowest BCUT2D eigenvalue weighted by molar-refractivity contribution is 0.396. The van der Waals surface area contributed by atoms with E-state index in [1.54, 1.807) is 35.9 Å². The minimum Gasteiger partial charge on any atom is -0.503 e. The van der Waals surface area contributed by atoms with E-state index in [-0.39, 0.29) is 11.4 Å². The number of halogens is 3. The first-order chi connectivity index (χ1) is 12.3. The first-order valence-electron chi connectivity index (χ1n) is 7.70. The summed E-state index contributed by atoms with van der Waals surface area (Å²) in [6, 6.07) is 8.01. The third-order valence-corrected chi connectivity index (χ3v) is 3.92. The molecule has 0 spiro atoms. The number of benzene rings is 2. The van der Waals surface area contributed by atoms with Gasteiger partial charge in [0, 0.05) is 7.05 Å². The Morgan fingerprint density at radius 2 is 1.62 bits per heavy atom. The average molecular weight is 356 g/mol. The minimum atomic E-state index is -1.05. The molecule has 0 bridgehead atoms. The molecule has 0 atom stereocenters. The van der Waals surface area contributed by atoms with Gasteiger partial charge in [0.15, 0.2) is 17.4 Å². The normalized spacial score (nSPS) is 12.2. The first kappa shape index (κ1) is 17.5. The molecule has 0 unspecified atom stereocenters. The van der Waals surface area contributed by atoms with Crippen LogP contribution >= 0.6 is 0 Å². The van der Waals surface area contributed by atoms with Gasteiger partial charge in [-0.1, -0.05) is 24.8 Å². The van der Waals surface area contributed by atoms with Gasteiger partial charge >= 0.3 is 0 Å². The van der Waals surface area contributed by atoms with Crippen molar-refractivity contribution >= 4 is 24.8 Å². The van der Waals surface area contributed by atoms with Crippen molar-refractivity contribution in [1.29, 1.82) is 0 Å². The maximum absolute atomic E-state index is 13.5. The highest BCUT2D eigenvalue weighted by molar-refractivity contribution is 5.67. The molecule has 1 N–H and O–H groups in total. The lowest BCUT2D eigenvalue weighted by Crippen LogP contribution is -2.27. The summed E-state index contributed by atoms with van der Waals surface area (Å²) in [6.07, 6.45) is 4.98. The Hall–Kier alpha value is -3.28. The fourth-order valence-electron chi connectivity index (χ4n) is 2.41. The molecule has 0 aliphatic rings. The molecule has 0 saturated carbocycles. The summed E-state index contributed by atoms with van der Waals surface area (Å²) >= 11 is 0. The molecule has 0 aliphatic carbocycles. The van der Waals surface area contributed by atoms with E-state index in [0.29, 0.717) is 16.5 Å². The van der Waals surface area contributed by atoms with E-state index in [9.17, 15) is 13.2 Å². The molecule has 0 amide bonds. The molecule has 2 aromatic carbocycles. The number of hydrogen-bond donors (Lipinski definition) is 1. The van der Waals surface area contributed by atoms with Crippen LogP contribution in [0.5, 0.6) is 5.75 Å². The van der Waals surface area contributed by atoms with Gasteiger partial charge in [0.05, 0.1) is 10.7 Å². The zero-order valence-corrected chi connectivity index (χ0v) is 13.9. The first-order valence-corrected chi connectivity index (χ1v) is 7.70. The summed E-state index contributed by atoms with van der Waals surface area (Å²) in [4.78, 5) is 4.40. The van der Waals surface area contributed by atoms with Crippen molar-refractivity contribution in [2.24, 2.45) is 7.05 Å². The number of rotatable bonds is 3. The molecule has 26 heavy (non-hydrogen) atoms. The average Bonchev–Trinajstić information content (AvgIpc) is 2.87. The van der Waals surface area contributed by atoms with E-state index in [2.05, 4.69) is 11.6 Å². The zero-order valence-electron chi connectivity index (χ0n) is 13.9. The lowest BCUT2D eigenvalue weighted by atomic mass is 10.2. The number of aromatic nitrogens is 2. The SMILES string of the molecule is C=c1/c(=C/c2cc(F)c(O)c(F)c2)nc(/C=C/c2ccc(F)cc2)n1C. The van der Waals surface area contributed by atoms with E-state index in [1.807, 2.05) is 0 Å². The lowest BCUT2D eigenvalue weighted by Gasteiger charge is -1.98. The van der Waals surface area contributed by atoms with Crippen LogP contribution in [0, 0.1) is 17.5 Å². The van der Waals surface area contributed by atoms with Crippen LogP contribution in [0.15, 0.2) is 36.4 Å². The van der Waals surface area contributed by atoms with Crippen LogP contribution in [0.3, 0.4) is 0 Å². The summed E-state index contributed by atoms with van der Waals surface area (Å²) in [5.41, 5.74) is 1.02. The fourth-order valence-corrected chi connectivity index (χ4v) is 2.41. The highest BCUT2D eigenvalue weighted by atomic mass is 19.1. The van der Waals surface area contributed by atoms with Gasteiger partial charge in [-0.25, -0.2) is 18.2 Å². The maximum atomic E-state index is 13.5. The largest absolute Gasteiger partial charge is 0.503 e. The number of hydrogen-bond acceptors (Lipinski definition) is 2. The molecule has 1 heterocycles. The second kappa shape index (κ2) is 6.92. The Morgan fingerprint density at radius 1 is 1.00 bits per heavy atom.